The number of rotatable bonds is 10. The summed E-state index contributed by atoms with van der Waals surface area (Å²) in [6.45, 7) is 0.854. The Bertz CT molecular complexity index is 1030. The van der Waals surface area contributed by atoms with E-state index in [4.69, 9.17) is 4.74 Å². The van der Waals surface area contributed by atoms with E-state index in [2.05, 4.69) is 0 Å². The van der Waals surface area contributed by atoms with Crippen LogP contribution in [0.3, 0.4) is 0 Å². The molecule has 3 rings (SSSR count). The van der Waals surface area contributed by atoms with Crippen molar-refractivity contribution in [3.63, 3.8) is 0 Å². The highest BCUT2D eigenvalue weighted by Gasteiger charge is 2.23. The fraction of sp³-hybridized carbons (Fsp3) is 0.250. The Hall–Kier alpha value is -3.10. The topological polar surface area (TPSA) is 49.9 Å². The first-order chi connectivity index (χ1) is 15.5. The van der Waals surface area contributed by atoms with Crippen molar-refractivity contribution in [2.24, 2.45) is 0 Å². The van der Waals surface area contributed by atoms with Crippen LogP contribution < -0.4 is 0 Å². The van der Waals surface area contributed by atoms with E-state index < -0.39 is 11.7 Å². The monoisotopic (exact) mass is 458 g/mol. The fourth-order valence-electron chi connectivity index (χ4n) is 3.15. The van der Waals surface area contributed by atoms with E-state index in [0.29, 0.717) is 6.54 Å². The van der Waals surface area contributed by atoms with E-state index in [0.717, 1.165) is 16.5 Å². The molecule has 5 nitrogen and oxygen atoms in total. The predicted octanol–water partition coefficient (Wildman–Crippen LogP) is 4.34. The van der Waals surface area contributed by atoms with Gasteiger partial charge in [0.15, 0.2) is 0 Å². The highest BCUT2D eigenvalue weighted by molar-refractivity contribution is 7.09. The number of hydrogen-bond donors (Lipinski definition) is 0. The minimum Gasteiger partial charge on any atom is -0.383 e. The van der Waals surface area contributed by atoms with Gasteiger partial charge in [0.25, 0.3) is 5.91 Å². The van der Waals surface area contributed by atoms with Gasteiger partial charge in [0, 0.05) is 30.6 Å². The Labute approximate surface area is 189 Å². The van der Waals surface area contributed by atoms with Crippen LogP contribution in [0.1, 0.15) is 20.8 Å². The number of halogens is 2. The maximum absolute atomic E-state index is 13.6. The number of ether oxygens (including phenoxy) is 1. The van der Waals surface area contributed by atoms with E-state index in [1.807, 2.05) is 17.5 Å². The number of nitrogens with zero attached hydrogens (tertiary/aromatic N) is 2. The average Bonchev–Trinajstić information content (AvgIpc) is 3.30. The summed E-state index contributed by atoms with van der Waals surface area (Å²) in [6, 6.07) is 15.2. The van der Waals surface area contributed by atoms with Crippen molar-refractivity contribution in [2.45, 2.75) is 13.1 Å². The molecular formula is C24H24F2N2O3S. The smallest absolute Gasteiger partial charge is 0.254 e. The van der Waals surface area contributed by atoms with Crippen LogP contribution in [-0.4, -0.2) is 48.4 Å². The summed E-state index contributed by atoms with van der Waals surface area (Å²) in [6.07, 6.45) is 0. The minimum absolute atomic E-state index is 0.164. The molecule has 0 radical (unpaired) electrons. The van der Waals surface area contributed by atoms with Gasteiger partial charge in [-0.2, -0.15) is 0 Å². The molecule has 0 saturated carbocycles. The molecule has 32 heavy (non-hydrogen) atoms. The zero-order valence-electron chi connectivity index (χ0n) is 17.7. The van der Waals surface area contributed by atoms with Gasteiger partial charge in [-0.15, -0.1) is 11.3 Å². The first kappa shape index (κ1) is 23.6. The molecule has 0 saturated heterocycles. The molecule has 168 valence electrons. The predicted molar refractivity (Wildman–Crippen MR) is 119 cm³/mol. The van der Waals surface area contributed by atoms with Crippen LogP contribution in [0.15, 0.2) is 66.0 Å². The van der Waals surface area contributed by atoms with Crippen molar-refractivity contribution < 1.29 is 23.1 Å². The fourth-order valence-corrected chi connectivity index (χ4v) is 3.87. The summed E-state index contributed by atoms with van der Waals surface area (Å²) >= 11 is 1.52. The maximum atomic E-state index is 13.6. The summed E-state index contributed by atoms with van der Waals surface area (Å²) < 4.78 is 32.0. The number of hydrogen-bond acceptors (Lipinski definition) is 4. The molecule has 3 aromatic rings. The van der Waals surface area contributed by atoms with Gasteiger partial charge in [-0.05, 0) is 47.3 Å². The average molecular weight is 459 g/mol. The van der Waals surface area contributed by atoms with E-state index in [1.165, 1.54) is 53.7 Å². The molecule has 0 unspecified atom stereocenters. The van der Waals surface area contributed by atoms with E-state index >= 15 is 0 Å². The van der Waals surface area contributed by atoms with Crippen LogP contribution in [0.25, 0.3) is 0 Å². The molecule has 0 aliphatic heterocycles. The number of benzene rings is 2. The lowest BCUT2D eigenvalue weighted by Gasteiger charge is -2.27. The normalized spacial score (nSPS) is 10.7. The summed E-state index contributed by atoms with van der Waals surface area (Å²) in [5.74, 6) is -1.60. The van der Waals surface area contributed by atoms with E-state index in [9.17, 15) is 18.4 Å². The van der Waals surface area contributed by atoms with Crippen molar-refractivity contribution in [3.05, 3.63) is 93.7 Å². The van der Waals surface area contributed by atoms with Gasteiger partial charge >= 0.3 is 0 Å². The molecular weight excluding hydrogens is 434 g/mol. The quantitative estimate of drug-likeness (QED) is 0.454. The van der Waals surface area contributed by atoms with Gasteiger partial charge in [-0.1, -0.05) is 24.3 Å². The van der Waals surface area contributed by atoms with Crippen LogP contribution in [0.2, 0.25) is 0 Å². The molecule has 1 aromatic heterocycles. The SMILES string of the molecule is COCCN(CC(=O)N(Cc1ccc(F)cc1)Cc1cccs1)C(=O)c1cccc(F)c1. The van der Waals surface area contributed by atoms with Crippen molar-refractivity contribution >= 4 is 23.2 Å². The third-order valence-electron chi connectivity index (χ3n) is 4.82. The largest absolute Gasteiger partial charge is 0.383 e. The molecule has 0 spiro atoms. The summed E-state index contributed by atoms with van der Waals surface area (Å²) in [7, 11) is 1.50. The Kier molecular flexibility index (Phi) is 8.47. The van der Waals surface area contributed by atoms with Crippen LogP contribution in [0, 0.1) is 11.6 Å². The zero-order valence-corrected chi connectivity index (χ0v) is 18.5. The number of carbonyl (C=O) groups is 2. The Morgan fingerprint density at radius 1 is 0.938 bits per heavy atom. The standard InChI is InChI=1S/C24H24F2N2O3S/c1-31-12-11-27(24(30)19-4-2-5-21(26)14-19)17-23(29)28(16-22-6-3-13-32-22)15-18-7-9-20(25)10-8-18/h2-10,13-14H,11-12,15-17H2,1H3. The second kappa shape index (κ2) is 11.5. The molecule has 0 fully saturated rings. The summed E-state index contributed by atoms with van der Waals surface area (Å²) in [4.78, 5) is 30.2. The third kappa shape index (κ3) is 6.70. The maximum Gasteiger partial charge on any atom is 0.254 e. The lowest BCUT2D eigenvalue weighted by Crippen LogP contribution is -2.43. The Morgan fingerprint density at radius 3 is 2.38 bits per heavy atom. The van der Waals surface area contributed by atoms with Crippen molar-refractivity contribution in [2.75, 3.05) is 26.8 Å². The van der Waals surface area contributed by atoms with Crippen molar-refractivity contribution in [3.8, 4) is 0 Å². The lowest BCUT2D eigenvalue weighted by molar-refractivity contribution is -0.133. The van der Waals surface area contributed by atoms with E-state index in [-0.39, 0.29) is 43.5 Å². The third-order valence-corrected chi connectivity index (χ3v) is 5.68. The van der Waals surface area contributed by atoms with Crippen molar-refractivity contribution in [1.82, 2.24) is 9.80 Å². The van der Waals surface area contributed by atoms with Crippen LogP contribution in [0.5, 0.6) is 0 Å². The van der Waals surface area contributed by atoms with Crippen LogP contribution >= 0.6 is 11.3 Å². The van der Waals surface area contributed by atoms with E-state index in [1.54, 1.807) is 17.0 Å². The Morgan fingerprint density at radius 2 is 1.72 bits per heavy atom. The van der Waals surface area contributed by atoms with Gasteiger partial charge < -0.3 is 14.5 Å². The van der Waals surface area contributed by atoms with Crippen LogP contribution in [0.4, 0.5) is 8.78 Å². The van der Waals surface area contributed by atoms with Gasteiger partial charge in [0.05, 0.1) is 13.2 Å². The molecule has 0 aliphatic rings. The second-order valence-corrected chi connectivity index (χ2v) is 8.22. The molecule has 2 amide bonds. The number of methoxy groups -OCH3 is 1. The summed E-state index contributed by atoms with van der Waals surface area (Å²) in [5, 5.41) is 1.92. The molecule has 8 heteroatoms. The molecule has 0 bridgehead atoms. The molecule has 0 N–H and O–H groups in total. The Balaban J connectivity index is 1.79. The van der Waals surface area contributed by atoms with Gasteiger partial charge in [-0.3, -0.25) is 9.59 Å². The minimum atomic E-state index is -0.524. The van der Waals surface area contributed by atoms with Gasteiger partial charge in [0.1, 0.15) is 18.2 Å². The number of carbonyl (C=O) groups excluding carboxylic acids is 2. The molecule has 0 aliphatic carbocycles. The second-order valence-electron chi connectivity index (χ2n) is 7.19. The first-order valence-corrected chi connectivity index (χ1v) is 10.9. The van der Waals surface area contributed by atoms with Gasteiger partial charge in [-0.25, -0.2) is 8.78 Å². The number of amides is 2. The number of thiophene rings is 1. The highest BCUT2D eigenvalue weighted by Crippen LogP contribution is 2.16. The molecule has 2 aromatic carbocycles. The zero-order chi connectivity index (χ0) is 22.9. The molecule has 1 heterocycles. The molecule has 0 atom stereocenters. The van der Waals surface area contributed by atoms with Gasteiger partial charge in [0.2, 0.25) is 5.91 Å². The highest BCUT2D eigenvalue weighted by atomic mass is 32.1. The lowest BCUT2D eigenvalue weighted by atomic mass is 10.2. The summed E-state index contributed by atoms with van der Waals surface area (Å²) in [5.41, 5.74) is 0.938. The van der Waals surface area contributed by atoms with Crippen molar-refractivity contribution in [1.29, 1.82) is 0 Å². The first-order valence-electron chi connectivity index (χ1n) is 10.0. The van der Waals surface area contributed by atoms with Crippen LogP contribution in [-0.2, 0) is 22.6 Å².